The molecule has 2 rings (SSSR count). The van der Waals surface area contributed by atoms with Gasteiger partial charge in [0.15, 0.2) is 10.8 Å². The van der Waals surface area contributed by atoms with Gasteiger partial charge in [-0.1, -0.05) is 11.6 Å². The summed E-state index contributed by atoms with van der Waals surface area (Å²) in [6.07, 6.45) is -0.709. The van der Waals surface area contributed by atoms with Crippen molar-refractivity contribution in [2.75, 3.05) is 0 Å². The van der Waals surface area contributed by atoms with Gasteiger partial charge in [0, 0.05) is 0 Å². The van der Waals surface area contributed by atoms with Crippen molar-refractivity contribution in [1.29, 1.82) is 0 Å². The lowest BCUT2D eigenvalue weighted by Gasteiger charge is -1.95. The van der Waals surface area contributed by atoms with Crippen LogP contribution in [0.3, 0.4) is 0 Å². The van der Waals surface area contributed by atoms with Gasteiger partial charge in [0.2, 0.25) is 5.28 Å². The van der Waals surface area contributed by atoms with E-state index < -0.39 is 6.10 Å². The van der Waals surface area contributed by atoms with Crippen LogP contribution < -0.4 is 0 Å². The van der Waals surface area contributed by atoms with Crippen molar-refractivity contribution in [3.8, 4) is 0 Å². The number of aromatic nitrogens is 4. The van der Waals surface area contributed by atoms with Gasteiger partial charge in [-0.05, 0) is 18.5 Å². The summed E-state index contributed by atoms with van der Waals surface area (Å²) in [5.74, 6) is 0.387. The lowest BCUT2D eigenvalue weighted by atomic mass is 10.4. The Labute approximate surface area is 89.1 Å². The van der Waals surface area contributed by atoms with Gasteiger partial charge in [-0.15, -0.1) is 0 Å². The summed E-state index contributed by atoms with van der Waals surface area (Å²) in [5, 5.41) is 9.49. The third-order valence-corrected chi connectivity index (χ3v) is 2.14. The van der Waals surface area contributed by atoms with Crippen LogP contribution in [0.4, 0.5) is 0 Å². The fraction of sp³-hybridized carbons (Fsp3) is 0.286. The Morgan fingerprint density at radius 1 is 1.29 bits per heavy atom. The monoisotopic (exact) mass is 232 g/mol. The van der Waals surface area contributed by atoms with Gasteiger partial charge in [0.25, 0.3) is 0 Å². The van der Waals surface area contributed by atoms with E-state index >= 15 is 0 Å². The summed E-state index contributed by atoms with van der Waals surface area (Å²) >= 11 is 11.4. The highest BCUT2D eigenvalue weighted by Crippen LogP contribution is 2.21. The molecule has 0 aliphatic rings. The molecular weight excluding hydrogens is 227 g/mol. The summed E-state index contributed by atoms with van der Waals surface area (Å²) in [6.45, 7) is 1.58. The Bertz CT molecular complexity index is 482. The molecule has 5 nitrogen and oxygen atoms in total. The molecule has 0 aliphatic heterocycles. The molecule has 1 atom stereocenters. The smallest absolute Gasteiger partial charge is 0.225 e. The molecule has 2 aromatic heterocycles. The van der Waals surface area contributed by atoms with Crippen LogP contribution >= 0.6 is 23.2 Å². The molecule has 74 valence electrons. The molecule has 0 aromatic carbocycles. The Morgan fingerprint density at radius 2 is 2.00 bits per heavy atom. The fourth-order valence-corrected chi connectivity index (χ4v) is 1.47. The highest BCUT2D eigenvalue weighted by atomic mass is 35.5. The average Bonchev–Trinajstić information content (AvgIpc) is 2.47. The van der Waals surface area contributed by atoms with Gasteiger partial charge in [0.1, 0.15) is 17.4 Å². The molecule has 0 bridgehead atoms. The third-order valence-electron chi connectivity index (χ3n) is 1.69. The van der Waals surface area contributed by atoms with Crippen LogP contribution in [0, 0.1) is 0 Å². The molecule has 2 aromatic rings. The van der Waals surface area contributed by atoms with Crippen molar-refractivity contribution >= 4 is 34.4 Å². The molecule has 2 heterocycles. The maximum absolute atomic E-state index is 9.27. The van der Waals surface area contributed by atoms with Gasteiger partial charge < -0.3 is 10.1 Å². The van der Waals surface area contributed by atoms with E-state index in [4.69, 9.17) is 23.2 Å². The summed E-state index contributed by atoms with van der Waals surface area (Å²) < 4.78 is 0. The Hall–Kier alpha value is -0.910. The first kappa shape index (κ1) is 9.64. The first-order chi connectivity index (χ1) is 6.58. The maximum Gasteiger partial charge on any atom is 0.225 e. The van der Waals surface area contributed by atoms with E-state index in [0.717, 1.165) is 0 Å². The maximum atomic E-state index is 9.27. The van der Waals surface area contributed by atoms with Gasteiger partial charge in [-0.3, -0.25) is 0 Å². The Morgan fingerprint density at radius 3 is 2.64 bits per heavy atom. The number of imidazole rings is 1. The van der Waals surface area contributed by atoms with Gasteiger partial charge in [-0.2, -0.15) is 4.98 Å². The van der Waals surface area contributed by atoms with Crippen molar-refractivity contribution in [2.24, 2.45) is 0 Å². The van der Waals surface area contributed by atoms with Crippen molar-refractivity contribution < 1.29 is 5.11 Å². The second-order valence-electron chi connectivity index (χ2n) is 2.78. The number of halogens is 2. The number of H-pyrrole nitrogens is 1. The Kier molecular flexibility index (Phi) is 2.30. The lowest BCUT2D eigenvalue weighted by Crippen LogP contribution is -1.92. The zero-order chi connectivity index (χ0) is 10.3. The van der Waals surface area contributed by atoms with Crippen molar-refractivity contribution in [3.63, 3.8) is 0 Å². The molecule has 7 heteroatoms. The predicted octanol–water partition coefficient (Wildman–Crippen LogP) is 1.71. The SMILES string of the molecule is CC(O)c1nc2nc(Cl)nc(Cl)c2[nH]1. The highest BCUT2D eigenvalue weighted by molar-refractivity contribution is 6.35. The minimum absolute atomic E-state index is 0.0335. The number of aliphatic hydroxyl groups excluding tert-OH is 1. The third kappa shape index (κ3) is 1.54. The van der Waals surface area contributed by atoms with Crippen molar-refractivity contribution in [1.82, 2.24) is 19.9 Å². The van der Waals surface area contributed by atoms with Crippen LogP contribution in [-0.2, 0) is 0 Å². The number of rotatable bonds is 1. The van der Waals surface area contributed by atoms with Gasteiger partial charge in [0.05, 0.1) is 0 Å². The standard InChI is InChI=1S/C7H6Cl2N4O/c1-2(14)5-10-3-4(8)11-7(9)13-6(3)12-5/h2,14H,1H3,(H,10,11,12,13). The van der Waals surface area contributed by atoms with Crippen LogP contribution in [0.1, 0.15) is 18.9 Å². The first-order valence-electron chi connectivity index (χ1n) is 3.84. The van der Waals surface area contributed by atoms with Crippen LogP contribution in [0.2, 0.25) is 10.4 Å². The lowest BCUT2D eigenvalue weighted by molar-refractivity contribution is 0.190. The number of nitrogens with zero attached hydrogens (tertiary/aromatic N) is 3. The quantitative estimate of drug-likeness (QED) is 0.580. The van der Waals surface area contributed by atoms with Gasteiger partial charge in [-0.25, -0.2) is 9.97 Å². The molecule has 0 spiro atoms. The minimum atomic E-state index is -0.709. The summed E-state index contributed by atoms with van der Waals surface area (Å²) in [4.78, 5) is 14.4. The molecule has 2 N–H and O–H groups in total. The second kappa shape index (κ2) is 3.34. The molecule has 0 saturated carbocycles. The highest BCUT2D eigenvalue weighted by Gasteiger charge is 2.12. The van der Waals surface area contributed by atoms with Crippen LogP contribution in [0.15, 0.2) is 0 Å². The molecule has 0 aliphatic carbocycles. The second-order valence-corrected chi connectivity index (χ2v) is 3.48. The molecule has 0 saturated heterocycles. The van der Waals surface area contributed by atoms with E-state index in [2.05, 4.69) is 19.9 Å². The van der Waals surface area contributed by atoms with E-state index in [9.17, 15) is 5.11 Å². The molecule has 0 radical (unpaired) electrons. The van der Waals surface area contributed by atoms with E-state index in [1.165, 1.54) is 0 Å². The topological polar surface area (TPSA) is 74.7 Å². The minimum Gasteiger partial charge on any atom is -0.385 e. The summed E-state index contributed by atoms with van der Waals surface area (Å²) in [7, 11) is 0. The van der Waals surface area contributed by atoms with E-state index in [1.807, 2.05) is 0 Å². The normalized spacial score (nSPS) is 13.4. The molecule has 0 fully saturated rings. The van der Waals surface area contributed by atoms with Gasteiger partial charge >= 0.3 is 0 Å². The Balaban J connectivity index is 2.70. The van der Waals surface area contributed by atoms with E-state index in [-0.39, 0.29) is 10.4 Å². The number of aliphatic hydroxyl groups is 1. The van der Waals surface area contributed by atoms with Crippen molar-refractivity contribution in [3.05, 3.63) is 16.3 Å². The van der Waals surface area contributed by atoms with Crippen LogP contribution in [0.5, 0.6) is 0 Å². The molecule has 1 unspecified atom stereocenters. The van der Waals surface area contributed by atoms with Crippen LogP contribution in [-0.4, -0.2) is 25.0 Å². The predicted molar refractivity (Wildman–Crippen MR) is 52.3 cm³/mol. The molecular formula is C7H6Cl2N4O. The number of hydrogen-bond donors (Lipinski definition) is 2. The number of aromatic amines is 1. The zero-order valence-electron chi connectivity index (χ0n) is 7.12. The molecule has 0 amide bonds. The van der Waals surface area contributed by atoms with Crippen LogP contribution in [0.25, 0.3) is 11.2 Å². The molecule has 14 heavy (non-hydrogen) atoms. The number of fused-ring (bicyclic) bond motifs is 1. The summed E-state index contributed by atoms with van der Waals surface area (Å²) in [5.41, 5.74) is 0.831. The first-order valence-corrected chi connectivity index (χ1v) is 4.60. The number of nitrogens with one attached hydrogen (secondary N) is 1. The van der Waals surface area contributed by atoms with Crippen molar-refractivity contribution in [2.45, 2.75) is 13.0 Å². The number of hydrogen-bond acceptors (Lipinski definition) is 4. The van der Waals surface area contributed by atoms with E-state index in [0.29, 0.717) is 17.0 Å². The average molecular weight is 233 g/mol. The summed E-state index contributed by atoms with van der Waals surface area (Å²) in [6, 6.07) is 0. The fourth-order valence-electron chi connectivity index (χ4n) is 1.05. The largest absolute Gasteiger partial charge is 0.385 e. The van der Waals surface area contributed by atoms with E-state index in [1.54, 1.807) is 6.92 Å². The zero-order valence-corrected chi connectivity index (χ0v) is 8.63.